The molecule has 256 valence electrons. The van der Waals surface area contributed by atoms with Gasteiger partial charge in [0, 0.05) is 18.9 Å². The number of carbonyl (C=O) groups is 4. The van der Waals surface area contributed by atoms with Gasteiger partial charge in [0.25, 0.3) is 0 Å². The van der Waals surface area contributed by atoms with Crippen LogP contribution < -0.4 is 10.6 Å². The van der Waals surface area contributed by atoms with Crippen LogP contribution >= 0.6 is 0 Å². The number of ether oxygens (including phenoxy) is 2. The van der Waals surface area contributed by atoms with Gasteiger partial charge >= 0.3 is 12.1 Å². The molecule has 3 amide bonds. The van der Waals surface area contributed by atoms with Gasteiger partial charge in [0.15, 0.2) is 0 Å². The molecule has 2 aliphatic heterocycles. The maximum absolute atomic E-state index is 13.6. The fraction of sp³-hybridized carbons (Fsp3) is 0.385. The van der Waals surface area contributed by atoms with Gasteiger partial charge < -0.3 is 30.1 Å². The lowest BCUT2D eigenvalue weighted by Crippen LogP contribution is -2.44. The monoisotopic (exact) mass is 665 g/mol. The van der Waals surface area contributed by atoms with Crippen LogP contribution in [-0.2, 0) is 23.9 Å². The summed E-state index contributed by atoms with van der Waals surface area (Å²) in [5.74, 6) is -1.87. The second-order valence-corrected chi connectivity index (χ2v) is 12.9. The van der Waals surface area contributed by atoms with Gasteiger partial charge in [0.1, 0.15) is 18.8 Å². The van der Waals surface area contributed by atoms with Crippen molar-refractivity contribution in [3.8, 4) is 11.1 Å². The van der Waals surface area contributed by atoms with Crippen molar-refractivity contribution in [3.63, 3.8) is 0 Å². The van der Waals surface area contributed by atoms with E-state index in [9.17, 15) is 24.3 Å². The number of aliphatic hydroxyl groups is 1. The Balaban J connectivity index is 1.14. The first-order chi connectivity index (χ1) is 23.9. The van der Waals surface area contributed by atoms with Gasteiger partial charge in [-0.3, -0.25) is 9.59 Å². The standard InChI is InChI=1S/C39H43N3O7/c43-24-28-15-11-21-42(28)36(44)22-27-14-5-2-6-20-34(38(46)49-35(23-40-37(27)45)26-12-3-1-4-13-26)41-39(47)48-25-33-31-18-9-7-16-29(31)30-17-8-10-19-32(30)33/h1-5,7-10,12-13,16-19,27-28,33-35,43H,6,11,14-15,20-25H2,(H,40,45)(H,41,47)/t27-,28+,34+,35-/m1/s1. The Morgan fingerprint density at radius 2 is 1.61 bits per heavy atom. The van der Waals surface area contributed by atoms with Crippen LogP contribution in [0.2, 0.25) is 0 Å². The third kappa shape index (κ3) is 8.03. The Morgan fingerprint density at radius 3 is 2.33 bits per heavy atom. The molecule has 0 radical (unpaired) electrons. The maximum Gasteiger partial charge on any atom is 0.407 e. The summed E-state index contributed by atoms with van der Waals surface area (Å²) >= 11 is 0. The van der Waals surface area contributed by atoms with Gasteiger partial charge in [-0.2, -0.15) is 0 Å². The van der Waals surface area contributed by atoms with Crippen LogP contribution in [0.25, 0.3) is 11.1 Å². The maximum atomic E-state index is 13.6. The lowest BCUT2D eigenvalue weighted by atomic mass is 9.98. The SMILES string of the molecule is O=C(N[C@H]1CCC=CC[C@H](CC(=O)N2CCC[C@H]2CO)C(=O)NC[C@H](c2ccccc2)OC1=O)OCC1c2ccccc2-c2ccccc21. The number of amides is 3. The van der Waals surface area contributed by atoms with Gasteiger partial charge in [-0.25, -0.2) is 9.59 Å². The molecule has 4 atom stereocenters. The molecule has 0 saturated carbocycles. The summed E-state index contributed by atoms with van der Waals surface area (Å²) in [5.41, 5.74) is 5.09. The van der Waals surface area contributed by atoms with E-state index in [1.165, 1.54) is 0 Å². The largest absolute Gasteiger partial charge is 0.454 e. The number of fused-ring (bicyclic) bond motifs is 3. The zero-order valence-corrected chi connectivity index (χ0v) is 27.5. The van der Waals surface area contributed by atoms with E-state index in [0.29, 0.717) is 24.9 Å². The minimum absolute atomic E-state index is 0.00836. The summed E-state index contributed by atoms with van der Waals surface area (Å²) < 4.78 is 11.7. The predicted molar refractivity (Wildman–Crippen MR) is 183 cm³/mol. The highest BCUT2D eigenvalue weighted by atomic mass is 16.6. The average molecular weight is 666 g/mol. The summed E-state index contributed by atoms with van der Waals surface area (Å²) in [7, 11) is 0. The normalized spacial score (nSPS) is 22.8. The van der Waals surface area contributed by atoms with Crippen LogP contribution in [0.1, 0.15) is 67.2 Å². The topological polar surface area (TPSA) is 134 Å². The molecule has 10 heteroatoms. The lowest BCUT2D eigenvalue weighted by molar-refractivity contribution is -0.152. The Labute approximate surface area is 286 Å². The average Bonchev–Trinajstić information content (AvgIpc) is 3.74. The van der Waals surface area contributed by atoms with E-state index < -0.39 is 30.1 Å². The van der Waals surface area contributed by atoms with Crippen molar-refractivity contribution < 1.29 is 33.8 Å². The first-order valence-electron chi connectivity index (χ1n) is 17.1. The quantitative estimate of drug-likeness (QED) is 0.238. The number of nitrogens with one attached hydrogen (secondary N) is 2. The number of hydrogen-bond acceptors (Lipinski definition) is 7. The molecule has 10 nitrogen and oxygen atoms in total. The first kappa shape index (κ1) is 33.9. The highest BCUT2D eigenvalue weighted by Gasteiger charge is 2.33. The highest BCUT2D eigenvalue weighted by Crippen LogP contribution is 2.44. The van der Waals surface area contributed by atoms with Crippen LogP contribution in [0.15, 0.2) is 91.0 Å². The summed E-state index contributed by atoms with van der Waals surface area (Å²) in [5, 5.41) is 15.3. The number of nitrogens with zero attached hydrogens (tertiary/aromatic N) is 1. The molecule has 0 unspecified atom stereocenters. The van der Waals surface area contributed by atoms with Crippen molar-refractivity contribution in [2.75, 3.05) is 26.3 Å². The number of esters is 1. The number of carbonyl (C=O) groups excluding carboxylic acids is 4. The summed E-state index contributed by atoms with van der Waals surface area (Å²) in [6, 6.07) is 24.0. The Hall–Kier alpha value is -4.96. The third-order valence-electron chi connectivity index (χ3n) is 9.72. The molecule has 0 bridgehead atoms. The number of cyclic esters (lactones) is 1. The smallest absolute Gasteiger partial charge is 0.407 e. The second kappa shape index (κ2) is 16.0. The fourth-order valence-corrected chi connectivity index (χ4v) is 7.09. The number of likely N-dealkylation sites (tertiary alicyclic amines) is 1. The summed E-state index contributed by atoms with van der Waals surface area (Å²) in [4.78, 5) is 55.1. The lowest BCUT2D eigenvalue weighted by Gasteiger charge is -2.26. The van der Waals surface area contributed by atoms with E-state index in [1.54, 1.807) is 17.0 Å². The second-order valence-electron chi connectivity index (χ2n) is 12.9. The van der Waals surface area contributed by atoms with Crippen LogP contribution in [0.3, 0.4) is 0 Å². The Kier molecular flexibility index (Phi) is 11.0. The first-order valence-corrected chi connectivity index (χ1v) is 17.1. The van der Waals surface area contributed by atoms with Crippen molar-refractivity contribution in [3.05, 3.63) is 108 Å². The number of allylic oxidation sites excluding steroid dienone is 2. The molecule has 2 heterocycles. The van der Waals surface area contributed by atoms with Crippen LogP contribution in [0.5, 0.6) is 0 Å². The molecule has 49 heavy (non-hydrogen) atoms. The number of alkyl carbamates (subject to hydrolysis) is 1. The zero-order chi connectivity index (χ0) is 34.2. The molecule has 3 N–H and O–H groups in total. The number of benzene rings is 3. The minimum atomic E-state index is -0.995. The summed E-state index contributed by atoms with van der Waals surface area (Å²) in [6.45, 7) is 0.566. The highest BCUT2D eigenvalue weighted by molar-refractivity contribution is 5.86. The molecule has 0 aromatic heterocycles. The van der Waals surface area contributed by atoms with E-state index in [0.717, 1.165) is 35.1 Å². The Morgan fingerprint density at radius 1 is 0.918 bits per heavy atom. The van der Waals surface area contributed by atoms with Crippen molar-refractivity contribution in [1.29, 1.82) is 0 Å². The van der Waals surface area contributed by atoms with Gasteiger partial charge in [0.05, 0.1) is 25.1 Å². The number of aliphatic hydroxyl groups excluding tert-OH is 1. The minimum Gasteiger partial charge on any atom is -0.454 e. The molecule has 0 spiro atoms. The zero-order valence-electron chi connectivity index (χ0n) is 27.5. The van der Waals surface area contributed by atoms with Gasteiger partial charge in [0.2, 0.25) is 11.8 Å². The van der Waals surface area contributed by atoms with Gasteiger partial charge in [-0.15, -0.1) is 0 Å². The fourth-order valence-electron chi connectivity index (χ4n) is 7.09. The van der Waals surface area contributed by atoms with E-state index >= 15 is 0 Å². The molecule has 1 saturated heterocycles. The van der Waals surface area contributed by atoms with E-state index in [-0.39, 0.29) is 56.4 Å². The third-order valence-corrected chi connectivity index (χ3v) is 9.72. The molecule has 6 rings (SSSR count). The number of hydrogen-bond donors (Lipinski definition) is 3. The van der Waals surface area contributed by atoms with E-state index in [2.05, 4.69) is 22.8 Å². The van der Waals surface area contributed by atoms with E-state index in [4.69, 9.17) is 9.47 Å². The molecule has 3 aromatic rings. The predicted octanol–water partition coefficient (Wildman–Crippen LogP) is 5.02. The Bertz CT molecular complexity index is 1630. The van der Waals surface area contributed by atoms with E-state index in [1.807, 2.05) is 66.7 Å². The molecule has 3 aromatic carbocycles. The molecule has 3 aliphatic rings. The van der Waals surface area contributed by atoms with Crippen molar-refractivity contribution in [1.82, 2.24) is 15.5 Å². The van der Waals surface area contributed by atoms with Crippen LogP contribution in [-0.4, -0.2) is 72.3 Å². The van der Waals surface area contributed by atoms with Gasteiger partial charge in [-0.1, -0.05) is 91.0 Å². The van der Waals surface area contributed by atoms with Crippen LogP contribution in [0.4, 0.5) is 4.79 Å². The van der Waals surface area contributed by atoms with Gasteiger partial charge in [-0.05, 0) is 59.9 Å². The summed E-state index contributed by atoms with van der Waals surface area (Å²) in [6.07, 6.45) is 4.71. The number of rotatable bonds is 7. The molecular formula is C39H43N3O7. The molecular weight excluding hydrogens is 622 g/mol. The molecule has 1 fully saturated rings. The van der Waals surface area contributed by atoms with Crippen molar-refractivity contribution in [2.24, 2.45) is 5.92 Å². The van der Waals surface area contributed by atoms with Crippen molar-refractivity contribution >= 4 is 23.9 Å². The molecule has 1 aliphatic carbocycles. The van der Waals surface area contributed by atoms with Crippen molar-refractivity contribution in [2.45, 2.75) is 62.6 Å². The van der Waals surface area contributed by atoms with Crippen LogP contribution in [0, 0.1) is 5.92 Å².